The van der Waals surface area contributed by atoms with Crippen molar-refractivity contribution in [3.05, 3.63) is 47.2 Å². The van der Waals surface area contributed by atoms with Crippen LogP contribution in [0.5, 0.6) is 5.75 Å². The number of hydrogen-bond acceptors (Lipinski definition) is 3. The number of fused-ring (bicyclic) bond motifs is 1. The molecular formula is C17H20N2O. The first-order chi connectivity index (χ1) is 9.69. The predicted molar refractivity (Wildman–Crippen MR) is 81.1 cm³/mol. The summed E-state index contributed by atoms with van der Waals surface area (Å²) in [6.07, 6.45) is 0.804. The Hall–Kier alpha value is -1.87. The molecule has 0 aliphatic carbocycles. The lowest BCUT2D eigenvalue weighted by molar-refractivity contribution is 0.337. The molecule has 0 spiro atoms. The van der Waals surface area contributed by atoms with Crippen molar-refractivity contribution in [1.82, 2.24) is 4.98 Å². The van der Waals surface area contributed by atoms with Crippen molar-refractivity contribution in [2.45, 2.75) is 26.2 Å². The standard InChI is InChI=1S/C17H20N2O/c1-11-3-5-13(6-4-11)16-17-15(12(2)10-20-17)9-14(19-16)7-8-18/h3-6,9,12H,7-8,10,18H2,1-2H3. The van der Waals surface area contributed by atoms with E-state index in [1.165, 1.54) is 11.1 Å². The van der Waals surface area contributed by atoms with E-state index in [1.54, 1.807) is 0 Å². The SMILES string of the molecule is Cc1ccc(-c2nc(CCN)cc3c2OCC3C)cc1. The molecule has 1 aliphatic heterocycles. The van der Waals surface area contributed by atoms with Gasteiger partial charge in [-0.3, -0.25) is 0 Å². The number of aryl methyl sites for hydroxylation is 1. The summed E-state index contributed by atoms with van der Waals surface area (Å²) >= 11 is 0. The van der Waals surface area contributed by atoms with Gasteiger partial charge in [-0.15, -0.1) is 0 Å². The molecule has 0 radical (unpaired) electrons. The van der Waals surface area contributed by atoms with E-state index in [0.29, 0.717) is 12.5 Å². The molecule has 3 heteroatoms. The minimum atomic E-state index is 0.425. The topological polar surface area (TPSA) is 48.1 Å². The van der Waals surface area contributed by atoms with Crippen LogP contribution in [0.25, 0.3) is 11.3 Å². The molecule has 0 saturated heterocycles. The van der Waals surface area contributed by atoms with Crippen LogP contribution in [0.2, 0.25) is 0 Å². The van der Waals surface area contributed by atoms with Crippen molar-refractivity contribution in [2.24, 2.45) is 5.73 Å². The second-order valence-corrected chi connectivity index (χ2v) is 5.50. The van der Waals surface area contributed by atoms with Crippen LogP contribution in [-0.4, -0.2) is 18.1 Å². The fraction of sp³-hybridized carbons (Fsp3) is 0.353. The molecular weight excluding hydrogens is 248 g/mol. The number of ether oxygens (including phenoxy) is 1. The Morgan fingerprint density at radius 3 is 2.75 bits per heavy atom. The van der Waals surface area contributed by atoms with Gasteiger partial charge >= 0.3 is 0 Å². The number of nitrogens with two attached hydrogens (primary N) is 1. The first-order valence-electron chi connectivity index (χ1n) is 7.12. The van der Waals surface area contributed by atoms with Gasteiger partial charge in [0.15, 0.2) is 0 Å². The fourth-order valence-corrected chi connectivity index (χ4v) is 2.61. The highest BCUT2D eigenvalue weighted by molar-refractivity contribution is 5.70. The first kappa shape index (κ1) is 13.1. The van der Waals surface area contributed by atoms with Crippen LogP contribution < -0.4 is 10.5 Å². The largest absolute Gasteiger partial charge is 0.490 e. The summed E-state index contributed by atoms with van der Waals surface area (Å²) in [5.74, 6) is 1.37. The lowest BCUT2D eigenvalue weighted by Crippen LogP contribution is -2.06. The molecule has 1 aromatic heterocycles. The highest BCUT2D eigenvalue weighted by atomic mass is 16.5. The Balaban J connectivity index is 2.13. The van der Waals surface area contributed by atoms with Gasteiger partial charge in [-0.2, -0.15) is 0 Å². The van der Waals surface area contributed by atoms with E-state index in [9.17, 15) is 0 Å². The van der Waals surface area contributed by atoms with E-state index in [-0.39, 0.29) is 0 Å². The fourth-order valence-electron chi connectivity index (χ4n) is 2.61. The van der Waals surface area contributed by atoms with Gasteiger partial charge in [0, 0.05) is 29.2 Å². The average molecular weight is 268 g/mol. The molecule has 2 N–H and O–H groups in total. The van der Waals surface area contributed by atoms with Crippen molar-refractivity contribution in [2.75, 3.05) is 13.2 Å². The van der Waals surface area contributed by atoms with Crippen LogP contribution in [0.3, 0.4) is 0 Å². The van der Waals surface area contributed by atoms with Gasteiger partial charge in [0.25, 0.3) is 0 Å². The molecule has 0 saturated carbocycles. The Morgan fingerprint density at radius 1 is 1.30 bits per heavy atom. The molecule has 20 heavy (non-hydrogen) atoms. The number of rotatable bonds is 3. The third kappa shape index (κ3) is 2.29. The first-order valence-corrected chi connectivity index (χ1v) is 7.12. The maximum Gasteiger partial charge on any atom is 0.149 e. The quantitative estimate of drug-likeness (QED) is 0.930. The number of benzene rings is 1. The van der Waals surface area contributed by atoms with Crippen molar-refractivity contribution < 1.29 is 4.74 Å². The maximum absolute atomic E-state index is 5.87. The summed E-state index contributed by atoms with van der Waals surface area (Å²) in [4.78, 5) is 4.76. The van der Waals surface area contributed by atoms with Gasteiger partial charge in [0.1, 0.15) is 11.4 Å². The van der Waals surface area contributed by atoms with Crippen molar-refractivity contribution in [1.29, 1.82) is 0 Å². The summed E-state index contributed by atoms with van der Waals surface area (Å²) in [6.45, 7) is 5.64. The van der Waals surface area contributed by atoms with Gasteiger partial charge in [0.2, 0.25) is 0 Å². The zero-order valence-electron chi connectivity index (χ0n) is 12.0. The zero-order valence-corrected chi connectivity index (χ0v) is 12.0. The van der Waals surface area contributed by atoms with Crippen LogP contribution in [0.15, 0.2) is 30.3 Å². The number of aromatic nitrogens is 1. The highest BCUT2D eigenvalue weighted by Gasteiger charge is 2.25. The Kier molecular flexibility index (Phi) is 3.45. The Bertz CT molecular complexity index is 620. The van der Waals surface area contributed by atoms with E-state index >= 15 is 0 Å². The van der Waals surface area contributed by atoms with Gasteiger partial charge in [-0.1, -0.05) is 36.8 Å². The second-order valence-electron chi connectivity index (χ2n) is 5.50. The summed E-state index contributed by atoms with van der Waals surface area (Å²) in [5, 5.41) is 0. The van der Waals surface area contributed by atoms with E-state index < -0.39 is 0 Å². The maximum atomic E-state index is 5.87. The van der Waals surface area contributed by atoms with E-state index in [0.717, 1.165) is 35.7 Å². The number of pyridine rings is 1. The summed E-state index contributed by atoms with van der Waals surface area (Å²) in [5.41, 5.74) is 11.3. The van der Waals surface area contributed by atoms with Gasteiger partial charge in [-0.25, -0.2) is 4.98 Å². The summed E-state index contributed by atoms with van der Waals surface area (Å²) in [6, 6.07) is 10.6. The van der Waals surface area contributed by atoms with Crippen molar-refractivity contribution in [3.8, 4) is 17.0 Å². The summed E-state index contributed by atoms with van der Waals surface area (Å²) < 4.78 is 5.87. The van der Waals surface area contributed by atoms with Crippen molar-refractivity contribution in [3.63, 3.8) is 0 Å². The molecule has 0 fully saturated rings. The Morgan fingerprint density at radius 2 is 2.05 bits per heavy atom. The van der Waals surface area contributed by atoms with Gasteiger partial charge < -0.3 is 10.5 Å². The molecule has 1 aliphatic rings. The molecule has 3 nitrogen and oxygen atoms in total. The summed E-state index contributed by atoms with van der Waals surface area (Å²) in [7, 11) is 0. The van der Waals surface area contributed by atoms with Crippen LogP contribution in [0.4, 0.5) is 0 Å². The molecule has 1 atom stereocenters. The zero-order chi connectivity index (χ0) is 14.1. The average Bonchev–Trinajstić information content (AvgIpc) is 2.81. The van der Waals surface area contributed by atoms with Gasteiger partial charge in [-0.05, 0) is 19.5 Å². The third-order valence-electron chi connectivity index (χ3n) is 3.79. The predicted octanol–water partition coefficient (Wildman–Crippen LogP) is 3.05. The van der Waals surface area contributed by atoms with Crippen LogP contribution in [0, 0.1) is 6.92 Å². The molecule has 2 heterocycles. The number of hydrogen-bond donors (Lipinski definition) is 1. The minimum Gasteiger partial charge on any atom is -0.490 e. The van der Waals surface area contributed by atoms with Crippen LogP contribution >= 0.6 is 0 Å². The molecule has 3 rings (SSSR count). The molecule has 2 aromatic rings. The van der Waals surface area contributed by atoms with Gasteiger partial charge in [0.05, 0.1) is 6.61 Å². The lowest BCUT2D eigenvalue weighted by atomic mass is 9.99. The lowest BCUT2D eigenvalue weighted by Gasteiger charge is -2.11. The van der Waals surface area contributed by atoms with Crippen LogP contribution in [-0.2, 0) is 6.42 Å². The Labute approximate surface area is 119 Å². The molecule has 104 valence electrons. The van der Waals surface area contributed by atoms with E-state index in [4.69, 9.17) is 15.5 Å². The van der Waals surface area contributed by atoms with E-state index in [1.807, 2.05) is 0 Å². The second kappa shape index (κ2) is 5.25. The molecule has 1 unspecified atom stereocenters. The molecule has 0 bridgehead atoms. The third-order valence-corrected chi connectivity index (χ3v) is 3.79. The molecule has 0 amide bonds. The molecule has 1 aromatic carbocycles. The monoisotopic (exact) mass is 268 g/mol. The van der Waals surface area contributed by atoms with Crippen LogP contribution in [0.1, 0.15) is 29.7 Å². The van der Waals surface area contributed by atoms with Crippen molar-refractivity contribution >= 4 is 0 Å². The van der Waals surface area contributed by atoms with E-state index in [2.05, 4.69) is 44.2 Å². The normalized spacial score (nSPS) is 16.9. The number of nitrogens with zero attached hydrogens (tertiary/aromatic N) is 1. The minimum absolute atomic E-state index is 0.425. The smallest absolute Gasteiger partial charge is 0.149 e. The highest BCUT2D eigenvalue weighted by Crippen LogP contribution is 2.40.